The summed E-state index contributed by atoms with van der Waals surface area (Å²) in [6.07, 6.45) is 1.93. The van der Waals surface area contributed by atoms with Crippen molar-refractivity contribution in [2.75, 3.05) is 41.6 Å². The Hall–Kier alpha value is -4.18. The van der Waals surface area contributed by atoms with Crippen molar-refractivity contribution in [2.24, 2.45) is 0 Å². The molecule has 0 saturated carbocycles. The lowest BCUT2D eigenvalue weighted by Crippen LogP contribution is -2.10. The van der Waals surface area contributed by atoms with E-state index in [4.69, 9.17) is 5.73 Å². The number of benzene rings is 2. The van der Waals surface area contributed by atoms with E-state index < -0.39 is 0 Å². The van der Waals surface area contributed by atoms with Crippen LogP contribution in [0.1, 0.15) is 11.4 Å². The molecule has 0 aliphatic carbocycles. The van der Waals surface area contributed by atoms with Crippen LogP contribution in [0.3, 0.4) is 0 Å². The van der Waals surface area contributed by atoms with Crippen LogP contribution in [0, 0.1) is 13.8 Å². The number of nitrogens with one attached hydrogen (secondary N) is 2. The van der Waals surface area contributed by atoms with Gasteiger partial charge in [0, 0.05) is 59.0 Å². The summed E-state index contributed by atoms with van der Waals surface area (Å²) >= 11 is 1.45. The Morgan fingerprint density at radius 1 is 0.722 bits per heavy atom. The third-order valence-electron chi connectivity index (χ3n) is 5.68. The maximum absolute atomic E-state index is 6.22. The lowest BCUT2D eigenvalue weighted by molar-refractivity contribution is 0.923. The zero-order valence-electron chi connectivity index (χ0n) is 20.8. The van der Waals surface area contributed by atoms with Crippen molar-refractivity contribution in [1.29, 1.82) is 0 Å². The fraction of sp³-hybridized carbons (Fsp3) is 0.192. The number of aromatic nitrogens is 5. The maximum Gasteiger partial charge on any atom is 0.233 e. The number of nitrogen functional groups attached to an aromatic ring is 1. The van der Waals surface area contributed by atoms with Gasteiger partial charge in [-0.25, -0.2) is 0 Å². The molecule has 3 heterocycles. The van der Waals surface area contributed by atoms with Gasteiger partial charge in [-0.1, -0.05) is 11.8 Å². The Labute approximate surface area is 213 Å². The molecule has 0 amide bonds. The molecule has 0 bridgehead atoms. The van der Waals surface area contributed by atoms with E-state index in [1.165, 1.54) is 11.8 Å². The fourth-order valence-electron chi connectivity index (χ4n) is 4.07. The normalized spacial score (nSPS) is 11.1. The Kier molecular flexibility index (Phi) is 6.19. The van der Waals surface area contributed by atoms with E-state index in [0.29, 0.717) is 22.7 Å². The zero-order chi connectivity index (χ0) is 25.4. The van der Waals surface area contributed by atoms with Crippen LogP contribution in [0.2, 0.25) is 0 Å². The van der Waals surface area contributed by atoms with Gasteiger partial charge in [-0.2, -0.15) is 15.0 Å². The van der Waals surface area contributed by atoms with Gasteiger partial charge in [0.2, 0.25) is 11.9 Å². The van der Waals surface area contributed by atoms with Gasteiger partial charge in [-0.15, -0.1) is 0 Å². The molecule has 5 aromatic rings. The average molecular weight is 498 g/mol. The molecule has 36 heavy (non-hydrogen) atoms. The van der Waals surface area contributed by atoms with Crippen molar-refractivity contribution >= 4 is 68.2 Å². The van der Waals surface area contributed by atoms with Crippen molar-refractivity contribution in [3.05, 3.63) is 59.9 Å². The number of aryl methyl sites for hydroxylation is 2. The van der Waals surface area contributed by atoms with Gasteiger partial charge in [-0.05, 0) is 68.6 Å². The Bertz CT molecular complexity index is 1600. The first-order valence-electron chi connectivity index (χ1n) is 11.4. The minimum absolute atomic E-state index is 0.432. The SMILES string of the molecule is CSc1nc(Nc2ccc3nc(C)cc(N)c3c2)nc(Nc2ccc3nc(C)cc(N(C)C)c3c2)n1. The number of thioether (sulfide) groups is 1. The number of nitrogens with zero attached hydrogens (tertiary/aromatic N) is 6. The molecule has 0 saturated heterocycles. The van der Waals surface area contributed by atoms with Crippen molar-refractivity contribution in [2.45, 2.75) is 19.0 Å². The summed E-state index contributed by atoms with van der Waals surface area (Å²) in [5, 5.41) is 9.13. The lowest BCUT2D eigenvalue weighted by atomic mass is 10.1. The molecule has 0 fully saturated rings. The largest absolute Gasteiger partial charge is 0.398 e. The van der Waals surface area contributed by atoms with E-state index in [1.807, 2.05) is 70.6 Å². The monoisotopic (exact) mass is 497 g/mol. The molecule has 4 N–H and O–H groups in total. The molecule has 3 aromatic heterocycles. The Morgan fingerprint density at radius 2 is 1.28 bits per heavy atom. The van der Waals surface area contributed by atoms with Gasteiger partial charge < -0.3 is 21.3 Å². The number of nitrogens with two attached hydrogens (primary N) is 1. The van der Waals surface area contributed by atoms with Crippen LogP contribution in [-0.4, -0.2) is 45.3 Å². The number of rotatable bonds is 6. The van der Waals surface area contributed by atoms with E-state index in [0.717, 1.165) is 50.3 Å². The molecular weight excluding hydrogens is 470 g/mol. The van der Waals surface area contributed by atoms with E-state index in [1.54, 1.807) is 0 Å². The number of pyridine rings is 2. The molecular formula is C26H27N9S. The second-order valence-electron chi connectivity index (χ2n) is 8.71. The maximum atomic E-state index is 6.22. The molecule has 0 radical (unpaired) electrons. The predicted octanol–water partition coefficient (Wildman–Crippen LogP) is 5.44. The summed E-state index contributed by atoms with van der Waals surface area (Å²) in [6.45, 7) is 3.93. The van der Waals surface area contributed by atoms with E-state index in [2.05, 4.69) is 52.6 Å². The number of anilines is 6. The van der Waals surface area contributed by atoms with Crippen molar-refractivity contribution in [1.82, 2.24) is 24.9 Å². The zero-order valence-corrected chi connectivity index (χ0v) is 21.6. The number of hydrogen-bond acceptors (Lipinski definition) is 10. The number of hydrogen-bond donors (Lipinski definition) is 3. The van der Waals surface area contributed by atoms with Crippen LogP contribution >= 0.6 is 11.8 Å². The minimum Gasteiger partial charge on any atom is -0.398 e. The van der Waals surface area contributed by atoms with Gasteiger partial charge in [0.25, 0.3) is 0 Å². The van der Waals surface area contributed by atoms with Gasteiger partial charge in [0.05, 0.1) is 11.0 Å². The van der Waals surface area contributed by atoms with Crippen molar-refractivity contribution in [3.63, 3.8) is 0 Å². The van der Waals surface area contributed by atoms with Crippen LogP contribution in [0.4, 0.5) is 34.6 Å². The Balaban J connectivity index is 1.47. The molecule has 0 atom stereocenters. The summed E-state index contributed by atoms with van der Waals surface area (Å²) in [4.78, 5) is 25.0. The summed E-state index contributed by atoms with van der Waals surface area (Å²) in [6, 6.07) is 15.8. The second kappa shape index (κ2) is 9.46. The highest BCUT2D eigenvalue weighted by atomic mass is 32.2. The van der Waals surface area contributed by atoms with Gasteiger partial charge in [0.15, 0.2) is 5.16 Å². The topological polar surface area (TPSA) is 118 Å². The minimum atomic E-state index is 0.432. The fourth-order valence-corrected chi connectivity index (χ4v) is 4.43. The molecule has 5 rings (SSSR count). The van der Waals surface area contributed by atoms with Crippen LogP contribution in [0.25, 0.3) is 21.8 Å². The predicted molar refractivity (Wildman–Crippen MR) is 150 cm³/mol. The second-order valence-corrected chi connectivity index (χ2v) is 9.49. The van der Waals surface area contributed by atoms with E-state index in [9.17, 15) is 0 Å². The highest BCUT2D eigenvalue weighted by Crippen LogP contribution is 2.30. The molecule has 0 aliphatic heterocycles. The molecule has 9 nitrogen and oxygen atoms in total. The van der Waals surface area contributed by atoms with Crippen LogP contribution in [-0.2, 0) is 0 Å². The highest BCUT2D eigenvalue weighted by molar-refractivity contribution is 7.98. The average Bonchev–Trinajstić information content (AvgIpc) is 2.83. The first-order chi connectivity index (χ1) is 17.3. The third-order valence-corrected chi connectivity index (χ3v) is 6.22. The van der Waals surface area contributed by atoms with Crippen LogP contribution < -0.4 is 21.3 Å². The summed E-state index contributed by atoms with van der Waals surface area (Å²) in [5.41, 5.74) is 13.3. The van der Waals surface area contributed by atoms with Crippen molar-refractivity contribution in [3.8, 4) is 0 Å². The standard InChI is InChI=1S/C26H27N9S/c1-14-10-20(27)18-12-16(6-8-21(18)28-14)30-24-32-25(34-26(33-24)36-5)31-17-7-9-22-19(13-17)23(35(3)4)11-15(2)29-22/h6-13H,1-5H3,(H2,27,28)(H2,30,31,32,33,34). The smallest absolute Gasteiger partial charge is 0.233 e. The van der Waals surface area contributed by atoms with Gasteiger partial charge >= 0.3 is 0 Å². The molecule has 2 aromatic carbocycles. The molecule has 0 aliphatic rings. The lowest BCUT2D eigenvalue weighted by Gasteiger charge is -2.17. The molecule has 0 unspecified atom stereocenters. The van der Waals surface area contributed by atoms with E-state index in [-0.39, 0.29) is 0 Å². The first kappa shape index (κ1) is 23.6. The molecule has 182 valence electrons. The number of fused-ring (bicyclic) bond motifs is 2. The highest BCUT2D eigenvalue weighted by Gasteiger charge is 2.11. The Morgan fingerprint density at radius 3 is 1.86 bits per heavy atom. The summed E-state index contributed by atoms with van der Waals surface area (Å²) < 4.78 is 0. The quantitative estimate of drug-likeness (QED) is 0.262. The van der Waals surface area contributed by atoms with Gasteiger partial charge in [0.1, 0.15) is 0 Å². The van der Waals surface area contributed by atoms with Crippen LogP contribution in [0.5, 0.6) is 0 Å². The molecule has 10 heteroatoms. The van der Waals surface area contributed by atoms with E-state index >= 15 is 0 Å². The summed E-state index contributed by atoms with van der Waals surface area (Å²) in [5.74, 6) is 0.877. The third kappa shape index (κ3) is 4.80. The summed E-state index contributed by atoms with van der Waals surface area (Å²) in [7, 11) is 4.06. The molecule has 0 spiro atoms. The first-order valence-corrected chi connectivity index (χ1v) is 12.6. The van der Waals surface area contributed by atoms with Crippen LogP contribution in [0.15, 0.2) is 53.7 Å². The van der Waals surface area contributed by atoms with Crippen molar-refractivity contribution < 1.29 is 0 Å². The van der Waals surface area contributed by atoms with Gasteiger partial charge in [-0.3, -0.25) is 9.97 Å².